The molecule has 1 heterocycles. The molecule has 102 valence electrons. The number of carbonyl (C=O) groups is 1. The number of aliphatic carboxylic acids is 1. The van der Waals surface area contributed by atoms with Crippen LogP contribution in [0.3, 0.4) is 0 Å². The highest BCUT2D eigenvalue weighted by atomic mass is 35.5. The van der Waals surface area contributed by atoms with Crippen LogP contribution < -0.4 is 0 Å². The molecule has 1 aromatic carbocycles. The summed E-state index contributed by atoms with van der Waals surface area (Å²) in [5.41, 5.74) is 1.18. The van der Waals surface area contributed by atoms with Crippen molar-refractivity contribution in [2.45, 2.75) is 25.0 Å². The van der Waals surface area contributed by atoms with E-state index in [0.29, 0.717) is 16.2 Å². The monoisotopic (exact) mass is 302 g/mol. The topological polar surface area (TPSA) is 55.1 Å². The number of nitrogens with zero attached hydrogens (tertiary/aromatic N) is 2. The summed E-state index contributed by atoms with van der Waals surface area (Å²) in [5.74, 6) is -1.52. The molecule has 0 amide bonds. The first-order valence-electron chi connectivity index (χ1n) is 5.61. The largest absolute Gasteiger partial charge is 0.481 e. The molecular formula is C12H12ClFN2O2S. The first kappa shape index (κ1) is 14.1. The van der Waals surface area contributed by atoms with Gasteiger partial charge in [0.15, 0.2) is 5.16 Å². The highest BCUT2D eigenvalue weighted by molar-refractivity contribution is 7.99. The number of aromatic nitrogens is 2. The van der Waals surface area contributed by atoms with Crippen molar-refractivity contribution in [1.82, 2.24) is 9.55 Å². The van der Waals surface area contributed by atoms with Gasteiger partial charge in [0, 0.05) is 12.1 Å². The summed E-state index contributed by atoms with van der Waals surface area (Å²) in [6, 6.07) is 2.83. The van der Waals surface area contributed by atoms with Crippen molar-refractivity contribution in [3.63, 3.8) is 0 Å². The Kier molecular flexibility index (Phi) is 4.01. The summed E-state index contributed by atoms with van der Waals surface area (Å²) in [7, 11) is 0. The molecule has 7 heteroatoms. The molecule has 1 aromatic heterocycles. The molecule has 0 fully saturated rings. The van der Waals surface area contributed by atoms with Crippen LogP contribution in [0.25, 0.3) is 11.0 Å². The van der Waals surface area contributed by atoms with Crippen molar-refractivity contribution in [3.05, 3.63) is 23.0 Å². The predicted molar refractivity (Wildman–Crippen MR) is 73.4 cm³/mol. The minimum Gasteiger partial charge on any atom is -0.481 e. The number of imidazole rings is 1. The second-order valence-corrected chi connectivity index (χ2v) is 5.65. The lowest BCUT2D eigenvalue weighted by Gasteiger charge is -2.12. The van der Waals surface area contributed by atoms with E-state index in [1.807, 2.05) is 18.4 Å². The Morgan fingerprint density at radius 3 is 2.84 bits per heavy atom. The first-order valence-corrected chi connectivity index (χ1v) is 6.98. The molecule has 0 saturated heterocycles. The summed E-state index contributed by atoms with van der Waals surface area (Å²) in [6.45, 7) is 3.86. The summed E-state index contributed by atoms with van der Waals surface area (Å²) in [6.07, 6.45) is 0. The number of rotatable bonds is 4. The van der Waals surface area contributed by atoms with Crippen LogP contribution in [0.2, 0.25) is 5.02 Å². The van der Waals surface area contributed by atoms with Gasteiger partial charge in [-0.25, -0.2) is 9.37 Å². The lowest BCUT2D eigenvalue weighted by molar-refractivity contribution is -0.133. The van der Waals surface area contributed by atoms with Gasteiger partial charge in [-0.2, -0.15) is 0 Å². The number of thioether (sulfide) groups is 1. The van der Waals surface area contributed by atoms with Crippen LogP contribution in [-0.4, -0.2) is 26.4 Å². The van der Waals surface area contributed by atoms with Crippen molar-refractivity contribution in [3.8, 4) is 0 Å². The number of hydrogen-bond acceptors (Lipinski definition) is 3. The van der Waals surface area contributed by atoms with E-state index in [1.165, 1.54) is 12.1 Å². The third-order valence-corrected chi connectivity index (χ3v) is 3.77. The Hall–Kier alpha value is -1.27. The number of carboxylic acids is 1. The molecular weight excluding hydrogens is 291 g/mol. The van der Waals surface area contributed by atoms with Crippen molar-refractivity contribution in [1.29, 1.82) is 0 Å². The Morgan fingerprint density at radius 2 is 2.26 bits per heavy atom. The Labute approximate surface area is 118 Å². The normalized spacial score (nSPS) is 11.4. The molecule has 0 atom stereocenters. The highest BCUT2D eigenvalue weighted by Gasteiger charge is 2.16. The van der Waals surface area contributed by atoms with E-state index in [0.717, 1.165) is 11.8 Å². The van der Waals surface area contributed by atoms with Gasteiger partial charge in [-0.05, 0) is 19.9 Å². The van der Waals surface area contributed by atoms with E-state index in [4.69, 9.17) is 16.7 Å². The summed E-state index contributed by atoms with van der Waals surface area (Å²) < 4.78 is 15.3. The molecule has 0 aliphatic heterocycles. The first-order chi connectivity index (χ1) is 8.90. The van der Waals surface area contributed by atoms with Gasteiger partial charge in [-0.3, -0.25) is 4.79 Å². The van der Waals surface area contributed by atoms with Gasteiger partial charge in [0.05, 0.1) is 21.8 Å². The van der Waals surface area contributed by atoms with Crippen molar-refractivity contribution in [2.75, 3.05) is 5.75 Å². The SMILES string of the molecule is CC(C)n1c(SCC(=O)O)nc2cc(Cl)c(F)cc21. The molecule has 0 spiro atoms. The third kappa shape index (κ3) is 2.84. The molecule has 19 heavy (non-hydrogen) atoms. The van der Waals surface area contributed by atoms with Crippen molar-refractivity contribution < 1.29 is 14.3 Å². The van der Waals surface area contributed by atoms with E-state index in [-0.39, 0.29) is 16.8 Å². The van der Waals surface area contributed by atoms with Gasteiger partial charge >= 0.3 is 5.97 Å². The maximum absolute atomic E-state index is 13.5. The zero-order valence-electron chi connectivity index (χ0n) is 10.4. The van der Waals surface area contributed by atoms with Crippen LogP contribution in [0.15, 0.2) is 17.3 Å². The van der Waals surface area contributed by atoms with Gasteiger partial charge in [-0.15, -0.1) is 0 Å². The van der Waals surface area contributed by atoms with Crippen LogP contribution in [0.1, 0.15) is 19.9 Å². The van der Waals surface area contributed by atoms with Crippen molar-refractivity contribution in [2.24, 2.45) is 0 Å². The predicted octanol–water partition coefficient (Wildman–Crippen LogP) is 3.59. The van der Waals surface area contributed by atoms with Crippen LogP contribution in [0, 0.1) is 5.82 Å². The van der Waals surface area contributed by atoms with E-state index >= 15 is 0 Å². The third-order valence-electron chi connectivity index (χ3n) is 2.54. The lowest BCUT2D eigenvalue weighted by Crippen LogP contribution is -2.05. The molecule has 1 N–H and O–H groups in total. The molecule has 0 saturated carbocycles. The van der Waals surface area contributed by atoms with Crippen LogP contribution in [0.5, 0.6) is 0 Å². The summed E-state index contributed by atoms with van der Waals surface area (Å²) in [4.78, 5) is 15.0. The standard InChI is InChI=1S/C12H12ClFN2O2S/c1-6(2)16-10-4-8(14)7(13)3-9(10)15-12(16)19-5-11(17)18/h3-4,6H,5H2,1-2H3,(H,17,18). The fraction of sp³-hybridized carbons (Fsp3) is 0.333. The number of fused-ring (bicyclic) bond motifs is 1. The highest BCUT2D eigenvalue weighted by Crippen LogP contribution is 2.30. The average Bonchev–Trinajstić information content (AvgIpc) is 2.64. The molecule has 4 nitrogen and oxygen atoms in total. The second kappa shape index (κ2) is 5.38. The van der Waals surface area contributed by atoms with Gasteiger partial charge < -0.3 is 9.67 Å². The average molecular weight is 303 g/mol. The smallest absolute Gasteiger partial charge is 0.313 e. The van der Waals surface area contributed by atoms with E-state index < -0.39 is 11.8 Å². The molecule has 2 aromatic rings. The maximum Gasteiger partial charge on any atom is 0.313 e. The van der Waals surface area contributed by atoms with E-state index in [2.05, 4.69) is 4.98 Å². The van der Waals surface area contributed by atoms with E-state index in [1.54, 1.807) is 0 Å². The fourth-order valence-electron chi connectivity index (χ4n) is 1.80. The quantitative estimate of drug-likeness (QED) is 0.877. The van der Waals surface area contributed by atoms with Gasteiger partial charge in [0.2, 0.25) is 0 Å². The van der Waals surface area contributed by atoms with E-state index in [9.17, 15) is 9.18 Å². The van der Waals surface area contributed by atoms with Crippen LogP contribution >= 0.6 is 23.4 Å². The zero-order valence-corrected chi connectivity index (χ0v) is 11.9. The molecule has 0 unspecified atom stereocenters. The molecule has 2 rings (SSSR count). The fourth-order valence-corrected chi connectivity index (χ4v) is 2.82. The lowest BCUT2D eigenvalue weighted by atomic mass is 10.3. The summed E-state index contributed by atoms with van der Waals surface area (Å²) >= 11 is 6.84. The zero-order chi connectivity index (χ0) is 14.2. The van der Waals surface area contributed by atoms with Gasteiger partial charge in [0.25, 0.3) is 0 Å². The number of halogens is 2. The van der Waals surface area contributed by atoms with Crippen LogP contribution in [0.4, 0.5) is 4.39 Å². The molecule has 0 bridgehead atoms. The Bertz CT molecular complexity index is 642. The Morgan fingerprint density at radius 1 is 1.58 bits per heavy atom. The molecule has 0 radical (unpaired) electrons. The van der Waals surface area contributed by atoms with Crippen molar-refractivity contribution >= 4 is 40.4 Å². The number of carboxylic acid groups (broad SMARTS) is 1. The second-order valence-electron chi connectivity index (χ2n) is 4.30. The van der Waals surface area contributed by atoms with Gasteiger partial charge in [-0.1, -0.05) is 23.4 Å². The van der Waals surface area contributed by atoms with Gasteiger partial charge in [0.1, 0.15) is 5.82 Å². The number of benzene rings is 1. The minimum absolute atomic E-state index is 0.00990. The maximum atomic E-state index is 13.5. The van der Waals surface area contributed by atoms with Crippen LogP contribution in [-0.2, 0) is 4.79 Å². The summed E-state index contributed by atoms with van der Waals surface area (Å²) in [5, 5.41) is 9.29. The Balaban J connectivity index is 2.56. The molecule has 0 aliphatic rings. The minimum atomic E-state index is -0.920. The number of hydrogen-bond donors (Lipinski definition) is 1. The molecule has 0 aliphatic carbocycles.